The number of amides is 3. The summed E-state index contributed by atoms with van der Waals surface area (Å²) in [5.74, 6) is -0.447. The Bertz CT molecular complexity index is 662. The number of rotatable bonds is 5. The molecular weight excluding hydrogens is 318 g/mol. The fraction of sp³-hybridized carbons (Fsp3) is 0.421. The van der Waals surface area contributed by atoms with Crippen LogP contribution in [0.15, 0.2) is 36.9 Å². The van der Waals surface area contributed by atoms with Crippen molar-refractivity contribution in [3.8, 4) is 0 Å². The average Bonchev–Trinajstić information content (AvgIpc) is 2.61. The molecule has 0 atom stereocenters. The number of likely N-dealkylation sites (tertiary alicyclic amines) is 1. The molecule has 0 radical (unpaired) electrons. The van der Waals surface area contributed by atoms with E-state index in [-0.39, 0.29) is 29.6 Å². The molecular formula is C19H25N3O3. The molecule has 0 unspecified atom stereocenters. The Kier molecular flexibility index (Phi) is 6.33. The van der Waals surface area contributed by atoms with E-state index in [0.29, 0.717) is 37.3 Å². The highest BCUT2D eigenvalue weighted by Gasteiger charge is 2.26. The quantitative estimate of drug-likeness (QED) is 0.807. The zero-order chi connectivity index (χ0) is 18.4. The molecule has 25 heavy (non-hydrogen) atoms. The van der Waals surface area contributed by atoms with Crippen LogP contribution in [0.25, 0.3) is 0 Å². The highest BCUT2D eigenvalue weighted by Crippen LogP contribution is 2.21. The van der Waals surface area contributed by atoms with Gasteiger partial charge in [0.1, 0.15) is 0 Å². The van der Waals surface area contributed by atoms with Crippen LogP contribution in [0.4, 0.5) is 11.4 Å². The van der Waals surface area contributed by atoms with Gasteiger partial charge >= 0.3 is 0 Å². The van der Waals surface area contributed by atoms with Crippen LogP contribution in [0.1, 0.15) is 26.7 Å². The van der Waals surface area contributed by atoms with Crippen molar-refractivity contribution in [2.24, 2.45) is 11.8 Å². The minimum atomic E-state index is -0.122. The van der Waals surface area contributed by atoms with Gasteiger partial charge in [-0.25, -0.2) is 0 Å². The first-order valence-electron chi connectivity index (χ1n) is 8.54. The molecule has 0 aliphatic carbocycles. The Morgan fingerprint density at radius 3 is 2.32 bits per heavy atom. The number of carbonyl (C=O) groups excluding carboxylic acids is 3. The second-order valence-electron chi connectivity index (χ2n) is 6.52. The minimum Gasteiger partial charge on any atom is -0.339 e. The van der Waals surface area contributed by atoms with Gasteiger partial charge < -0.3 is 15.5 Å². The summed E-state index contributed by atoms with van der Waals surface area (Å²) >= 11 is 0. The van der Waals surface area contributed by atoms with Crippen LogP contribution in [0.2, 0.25) is 0 Å². The smallest absolute Gasteiger partial charge is 0.245 e. The van der Waals surface area contributed by atoms with E-state index in [0.717, 1.165) is 0 Å². The predicted octanol–water partition coefficient (Wildman–Crippen LogP) is 2.64. The number of nitrogens with one attached hydrogen (secondary N) is 2. The second-order valence-corrected chi connectivity index (χ2v) is 6.52. The van der Waals surface area contributed by atoms with E-state index in [1.807, 2.05) is 13.8 Å². The Morgan fingerprint density at radius 2 is 1.76 bits per heavy atom. The van der Waals surface area contributed by atoms with Crippen LogP contribution in [-0.2, 0) is 14.4 Å². The summed E-state index contributed by atoms with van der Waals surface area (Å²) in [5, 5.41) is 5.71. The number of nitrogens with zero attached hydrogens (tertiary/aromatic N) is 1. The zero-order valence-electron chi connectivity index (χ0n) is 14.7. The van der Waals surface area contributed by atoms with E-state index in [1.54, 1.807) is 29.2 Å². The van der Waals surface area contributed by atoms with Crippen LogP contribution in [0.5, 0.6) is 0 Å². The summed E-state index contributed by atoms with van der Waals surface area (Å²) in [4.78, 5) is 37.5. The summed E-state index contributed by atoms with van der Waals surface area (Å²) in [6, 6.07) is 7.11. The lowest BCUT2D eigenvalue weighted by Gasteiger charge is -2.30. The van der Waals surface area contributed by atoms with Gasteiger partial charge in [-0.1, -0.05) is 26.5 Å². The van der Waals surface area contributed by atoms with Gasteiger partial charge in [0.2, 0.25) is 17.7 Å². The number of benzene rings is 1. The summed E-state index contributed by atoms with van der Waals surface area (Å²) in [6.45, 7) is 8.26. The molecule has 0 spiro atoms. The molecule has 6 heteroatoms. The van der Waals surface area contributed by atoms with Crippen molar-refractivity contribution in [3.63, 3.8) is 0 Å². The second kappa shape index (κ2) is 8.46. The highest BCUT2D eigenvalue weighted by atomic mass is 16.2. The molecule has 0 saturated carbocycles. The lowest BCUT2D eigenvalue weighted by Crippen LogP contribution is -2.40. The summed E-state index contributed by atoms with van der Waals surface area (Å²) in [6.07, 6.45) is 2.57. The first-order chi connectivity index (χ1) is 11.9. The van der Waals surface area contributed by atoms with Crippen molar-refractivity contribution in [2.45, 2.75) is 26.7 Å². The van der Waals surface area contributed by atoms with Crippen molar-refractivity contribution < 1.29 is 14.4 Å². The van der Waals surface area contributed by atoms with E-state index in [2.05, 4.69) is 17.2 Å². The van der Waals surface area contributed by atoms with E-state index in [1.165, 1.54) is 6.08 Å². The number of anilines is 2. The Labute approximate surface area is 148 Å². The summed E-state index contributed by atoms with van der Waals surface area (Å²) < 4.78 is 0. The molecule has 2 rings (SSSR count). The van der Waals surface area contributed by atoms with Crippen LogP contribution < -0.4 is 10.6 Å². The van der Waals surface area contributed by atoms with Gasteiger partial charge in [-0.05, 0) is 37.1 Å². The number of hydrogen-bond donors (Lipinski definition) is 2. The maximum absolute atomic E-state index is 12.4. The van der Waals surface area contributed by atoms with Gasteiger partial charge in [-0.2, -0.15) is 0 Å². The van der Waals surface area contributed by atoms with Gasteiger partial charge in [-0.15, -0.1) is 0 Å². The molecule has 3 amide bonds. The molecule has 1 aliphatic heterocycles. The first kappa shape index (κ1) is 18.7. The number of piperidine rings is 1. The van der Waals surface area contributed by atoms with E-state index in [4.69, 9.17) is 0 Å². The molecule has 1 aromatic carbocycles. The van der Waals surface area contributed by atoms with Gasteiger partial charge in [0, 0.05) is 36.3 Å². The van der Waals surface area contributed by atoms with Gasteiger partial charge in [0.25, 0.3) is 0 Å². The lowest BCUT2D eigenvalue weighted by atomic mass is 9.95. The Hall–Kier alpha value is -2.63. The largest absolute Gasteiger partial charge is 0.339 e. The topological polar surface area (TPSA) is 78.5 Å². The van der Waals surface area contributed by atoms with Crippen LogP contribution >= 0.6 is 0 Å². The average molecular weight is 343 g/mol. The molecule has 6 nitrogen and oxygen atoms in total. The summed E-state index contributed by atoms with van der Waals surface area (Å²) in [5.41, 5.74) is 1.30. The van der Waals surface area contributed by atoms with Crippen molar-refractivity contribution >= 4 is 29.1 Å². The third-order valence-corrected chi connectivity index (χ3v) is 4.27. The molecule has 1 fully saturated rings. The third kappa shape index (κ3) is 5.17. The third-order valence-electron chi connectivity index (χ3n) is 4.27. The SMILES string of the molecule is C=CC(=O)N1CCC(C(=O)Nc2cccc(NC(=O)C(C)C)c2)CC1. The molecule has 0 bridgehead atoms. The molecule has 1 aromatic rings. The summed E-state index contributed by atoms with van der Waals surface area (Å²) in [7, 11) is 0. The Balaban J connectivity index is 1.92. The zero-order valence-corrected chi connectivity index (χ0v) is 14.7. The number of carbonyl (C=O) groups is 3. The van der Waals surface area contributed by atoms with Gasteiger partial charge in [-0.3, -0.25) is 14.4 Å². The van der Waals surface area contributed by atoms with Crippen LogP contribution in [0, 0.1) is 11.8 Å². The van der Waals surface area contributed by atoms with Crippen molar-refractivity contribution in [3.05, 3.63) is 36.9 Å². The van der Waals surface area contributed by atoms with Gasteiger partial charge in [0.05, 0.1) is 0 Å². The molecule has 1 aliphatic rings. The van der Waals surface area contributed by atoms with E-state index in [9.17, 15) is 14.4 Å². The molecule has 134 valence electrons. The molecule has 0 aromatic heterocycles. The van der Waals surface area contributed by atoms with Crippen molar-refractivity contribution in [1.82, 2.24) is 4.90 Å². The fourth-order valence-corrected chi connectivity index (χ4v) is 2.70. The fourth-order valence-electron chi connectivity index (χ4n) is 2.70. The van der Waals surface area contributed by atoms with Gasteiger partial charge in [0.15, 0.2) is 0 Å². The van der Waals surface area contributed by atoms with E-state index < -0.39 is 0 Å². The van der Waals surface area contributed by atoms with Crippen molar-refractivity contribution in [2.75, 3.05) is 23.7 Å². The maximum Gasteiger partial charge on any atom is 0.245 e. The van der Waals surface area contributed by atoms with E-state index >= 15 is 0 Å². The maximum atomic E-state index is 12.4. The predicted molar refractivity (Wildman–Crippen MR) is 98.0 cm³/mol. The molecule has 2 N–H and O–H groups in total. The van der Waals surface area contributed by atoms with Crippen LogP contribution in [0.3, 0.4) is 0 Å². The minimum absolute atomic E-state index is 0.0574. The monoisotopic (exact) mass is 343 g/mol. The number of hydrogen-bond acceptors (Lipinski definition) is 3. The molecule has 1 saturated heterocycles. The normalized spacial score (nSPS) is 14.9. The lowest BCUT2D eigenvalue weighted by molar-refractivity contribution is -0.130. The highest BCUT2D eigenvalue weighted by molar-refractivity contribution is 5.95. The Morgan fingerprint density at radius 1 is 1.16 bits per heavy atom. The van der Waals surface area contributed by atoms with Crippen LogP contribution in [-0.4, -0.2) is 35.7 Å². The first-order valence-corrected chi connectivity index (χ1v) is 8.54. The van der Waals surface area contributed by atoms with Crippen molar-refractivity contribution in [1.29, 1.82) is 0 Å². The molecule has 1 heterocycles. The standard InChI is InChI=1S/C19H25N3O3/c1-4-17(23)22-10-8-14(9-11-22)19(25)21-16-7-5-6-15(12-16)20-18(24)13(2)3/h4-7,12-14H,1,8-11H2,2-3H3,(H,20,24)(H,21,25).